The maximum atomic E-state index is 13.7. The first kappa shape index (κ1) is 20.5. The van der Waals surface area contributed by atoms with Gasteiger partial charge in [0, 0.05) is 18.5 Å². The van der Waals surface area contributed by atoms with Crippen LogP contribution in [0.25, 0.3) is 0 Å². The first-order valence-corrected chi connectivity index (χ1v) is 11.8. The molecular formula is C23H27ClN2O2S. The number of rotatable bonds is 4. The molecule has 2 aliphatic heterocycles. The lowest BCUT2D eigenvalue weighted by molar-refractivity contribution is 0.182. The van der Waals surface area contributed by atoms with Crippen molar-refractivity contribution in [2.45, 2.75) is 37.0 Å². The summed E-state index contributed by atoms with van der Waals surface area (Å²) in [5.74, 6) is 0. The minimum atomic E-state index is -3.75. The van der Waals surface area contributed by atoms with Crippen molar-refractivity contribution >= 4 is 27.3 Å². The molecular weight excluding hydrogens is 404 g/mol. The van der Waals surface area contributed by atoms with Gasteiger partial charge in [-0.15, -0.1) is 6.58 Å². The van der Waals surface area contributed by atoms with Crippen molar-refractivity contribution in [3.63, 3.8) is 0 Å². The third-order valence-electron chi connectivity index (χ3n) is 6.32. The quantitative estimate of drug-likeness (QED) is 0.661. The molecule has 0 bridgehead atoms. The maximum absolute atomic E-state index is 13.7. The minimum Gasteiger partial charge on any atom is -0.300 e. The van der Waals surface area contributed by atoms with E-state index in [9.17, 15) is 8.42 Å². The van der Waals surface area contributed by atoms with Crippen LogP contribution in [0.4, 0.5) is 5.69 Å². The summed E-state index contributed by atoms with van der Waals surface area (Å²) in [7, 11) is -3.75. The number of hydrogen-bond acceptors (Lipinski definition) is 3. The lowest BCUT2D eigenvalue weighted by Crippen LogP contribution is -2.46. The van der Waals surface area contributed by atoms with E-state index in [1.54, 1.807) is 28.6 Å². The molecule has 0 saturated carbocycles. The summed E-state index contributed by atoms with van der Waals surface area (Å²) in [6.07, 6.45) is 3.81. The Morgan fingerprint density at radius 2 is 1.86 bits per heavy atom. The highest BCUT2D eigenvalue weighted by Gasteiger charge is 2.49. The van der Waals surface area contributed by atoms with Crippen LogP contribution in [-0.4, -0.2) is 39.5 Å². The van der Waals surface area contributed by atoms with Crippen LogP contribution in [0, 0.1) is 13.8 Å². The van der Waals surface area contributed by atoms with Crippen LogP contribution in [-0.2, 0) is 15.4 Å². The van der Waals surface area contributed by atoms with E-state index < -0.39 is 10.0 Å². The van der Waals surface area contributed by atoms with Crippen molar-refractivity contribution in [1.82, 2.24) is 4.90 Å². The van der Waals surface area contributed by atoms with E-state index in [4.69, 9.17) is 11.6 Å². The third-order valence-corrected chi connectivity index (χ3v) is 8.56. The Labute approximate surface area is 178 Å². The molecule has 0 atom stereocenters. The Hall–Kier alpha value is -1.82. The molecule has 0 radical (unpaired) electrons. The van der Waals surface area contributed by atoms with Crippen LogP contribution in [0.15, 0.2) is 53.9 Å². The summed E-state index contributed by atoms with van der Waals surface area (Å²) in [6.45, 7) is 11.2. The topological polar surface area (TPSA) is 40.6 Å². The smallest absolute Gasteiger partial charge is 0.265 e. The predicted octanol–water partition coefficient (Wildman–Crippen LogP) is 4.69. The van der Waals surface area contributed by atoms with E-state index in [2.05, 4.69) is 30.5 Å². The summed E-state index contributed by atoms with van der Waals surface area (Å²) < 4.78 is 28.9. The van der Waals surface area contributed by atoms with Gasteiger partial charge in [-0.05, 0) is 63.0 Å². The number of halogens is 1. The van der Waals surface area contributed by atoms with Crippen LogP contribution in [0.5, 0.6) is 0 Å². The standard InChI is InChI=1S/C23H27ClN2O2S/c1-4-11-25-12-9-23(10-13-25)16-26(22-18(3)14-17(2)15-19(22)23)29(27,28)21-8-6-5-7-20(21)24/h4-8,14-15H,1,9-13,16H2,2-3H3. The number of benzene rings is 2. The highest BCUT2D eigenvalue weighted by molar-refractivity contribution is 7.93. The Bertz CT molecular complexity index is 1060. The van der Waals surface area contributed by atoms with Gasteiger partial charge in [0.2, 0.25) is 0 Å². The van der Waals surface area contributed by atoms with Crippen LogP contribution in [0.3, 0.4) is 0 Å². The number of nitrogens with zero attached hydrogens (tertiary/aromatic N) is 2. The number of likely N-dealkylation sites (tertiary alicyclic amines) is 1. The summed E-state index contributed by atoms with van der Waals surface area (Å²) in [6, 6.07) is 11.0. The van der Waals surface area contributed by atoms with E-state index in [1.165, 1.54) is 11.1 Å². The van der Waals surface area contributed by atoms with Gasteiger partial charge in [-0.3, -0.25) is 9.21 Å². The van der Waals surface area contributed by atoms with Gasteiger partial charge in [-0.1, -0.05) is 47.5 Å². The third kappa shape index (κ3) is 3.39. The van der Waals surface area contributed by atoms with E-state index in [0.717, 1.165) is 43.7 Å². The monoisotopic (exact) mass is 430 g/mol. The van der Waals surface area contributed by atoms with Crippen molar-refractivity contribution in [3.05, 3.63) is 70.8 Å². The van der Waals surface area contributed by atoms with Crippen LogP contribution in [0.1, 0.15) is 29.5 Å². The molecule has 1 saturated heterocycles. The highest BCUT2D eigenvalue weighted by Crippen LogP contribution is 2.50. The zero-order valence-electron chi connectivity index (χ0n) is 17.0. The van der Waals surface area contributed by atoms with Crippen LogP contribution in [0.2, 0.25) is 5.02 Å². The molecule has 2 heterocycles. The van der Waals surface area contributed by atoms with Crippen molar-refractivity contribution in [2.24, 2.45) is 0 Å². The minimum absolute atomic E-state index is 0.155. The van der Waals surface area contributed by atoms with Gasteiger partial charge in [0.25, 0.3) is 10.0 Å². The molecule has 0 amide bonds. The molecule has 2 aliphatic rings. The van der Waals surface area contributed by atoms with Gasteiger partial charge in [0.15, 0.2) is 0 Å². The first-order chi connectivity index (χ1) is 13.8. The van der Waals surface area contributed by atoms with Crippen LogP contribution >= 0.6 is 11.6 Å². The second-order valence-electron chi connectivity index (χ2n) is 8.29. The second kappa shape index (κ2) is 7.46. The molecule has 0 unspecified atom stereocenters. The molecule has 0 N–H and O–H groups in total. The van der Waals surface area contributed by atoms with Crippen molar-refractivity contribution in [1.29, 1.82) is 0 Å². The molecule has 0 aromatic heterocycles. The molecule has 2 aromatic rings. The largest absolute Gasteiger partial charge is 0.300 e. The van der Waals surface area contributed by atoms with Crippen molar-refractivity contribution in [3.8, 4) is 0 Å². The first-order valence-electron chi connectivity index (χ1n) is 10.0. The van der Waals surface area contributed by atoms with Crippen molar-refractivity contribution < 1.29 is 8.42 Å². The number of sulfonamides is 1. The molecule has 6 heteroatoms. The average Bonchev–Trinajstić information content (AvgIpc) is 2.99. The Morgan fingerprint density at radius 1 is 1.17 bits per heavy atom. The molecule has 4 rings (SSSR count). The second-order valence-corrected chi connectivity index (χ2v) is 10.5. The number of fused-ring (bicyclic) bond motifs is 2. The zero-order chi connectivity index (χ0) is 20.8. The normalized spacial score (nSPS) is 18.8. The molecule has 0 aliphatic carbocycles. The molecule has 29 heavy (non-hydrogen) atoms. The highest BCUT2D eigenvalue weighted by atomic mass is 35.5. The maximum Gasteiger partial charge on any atom is 0.265 e. The lowest BCUT2D eigenvalue weighted by Gasteiger charge is -2.39. The summed E-state index contributed by atoms with van der Waals surface area (Å²) in [5.41, 5.74) is 4.03. The summed E-state index contributed by atoms with van der Waals surface area (Å²) in [5, 5.41) is 0.264. The number of piperidine rings is 1. The summed E-state index contributed by atoms with van der Waals surface area (Å²) >= 11 is 6.29. The fourth-order valence-electron chi connectivity index (χ4n) is 4.89. The fraction of sp³-hybridized carbons (Fsp3) is 0.391. The van der Waals surface area contributed by atoms with Gasteiger partial charge < -0.3 is 0 Å². The molecule has 2 aromatic carbocycles. The molecule has 1 fully saturated rings. The van der Waals surface area contributed by atoms with Crippen molar-refractivity contribution in [2.75, 3.05) is 30.5 Å². The van der Waals surface area contributed by atoms with E-state index in [0.29, 0.717) is 6.54 Å². The Balaban J connectivity index is 1.81. The number of anilines is 1. The van der Waals surface area contributed by atoms with Gasteiger partial charge in [-0.25, -0.2) is 8.42 Å². The van der Waals surface area contributed by atoms with E-state index in [-0.39, 0.29) is 15.3 Å². The van der Waals surface area contributed by atoms with Gasteiger partial charge in [0.1, 0.15) is 4.90 Å². The molecule has 154 valence electrons. The zero-order valence-corrected chi connectivity index (χ0v) is 18.6. The van der Waals surface area contributed by atoms with Gasteiger partial charge in [0.05, 0.1) is 10.7 Å². The fourth-order valence-corrected chi connectivity index (χ4v) is 7.02. The number of hydrogen-bond donors (Lipinski definition) is 0. The average molecular weight is 431 g/mol. The molecule has 4 nitrogen and oxygen atoms in total. The van der Waals surface area contributed by atoms with Gasteiger partial charge in [-0.2, -0.15) is 0 Å². The predicted molar refractivity (Wildman–Crippen MR) is 119 cm³/mol. The SMILES string of the molecule is C=CCN1CCC2(CC1)CN(S(=O)(=O)c1ccccc1Cl)c1c(C)cc(C)cc12. The molecule has 1 spiro atoms. The Morgan fingerprint density at radius 3 is 2.52 bits per heavy atom. The lowest BCUT2D eigenvalue weighted by atomic mass is 9.73. The van der Waals surface area contributed by atoms with Crippen LogP contribution < -0.4 is 4.31 Å². The Kier molecular flexibility index (Phi) is 5.26. The summed E-state index contributed by atoms with van der Waals surface area (Å²) in [4.78, 5) is 2.56. The number of aryl methyl sites for hydroxylation is 2. The van der Waals surface area contributed by atoms with E-state index in [1.807, 2.05) is 13.0 Å². The van der Waals surface area contributed by atoms with Gasteiger partial charge >= 0.3 is 0 Å². The van der Waals surface area contributed by atoms with E-state index >= 15 is 0 Å².